The Morgan fingerprint density at radius 1 is 1.61 bits per heavy atom. The Bertz CT molecular complexity index is 468. The van der Waals surface area contributed by atoms with E-state index in [2.05, 4.69) is 10.2 Å². The highest BCUT2D eigenvalue weighted by Gasteiger charge is 2.27. The molecule has 1 aliphatic heterocycles. The second-order valence-electron chi connectivity index (χ2n) is 4.55. The van der Waals surface area contributed by atoms with Crippen LogP contribution in [0.2, 0.25) is 5.15 Å². The number of hydrogen-bond donors (Lipinski definition) is 2. The Hall–Kier alpha value is -1.40. The van der Waals surface area contributed by atoms with Gasteiger partial charge < -0.3 is 15.7 Å². The van der Waals surface area contributed by atoms with Crippen LogP contribution in [0.15, 0.2) is 6.07 Å². The summed E-state index contributed by atoms with van der Waals surface area (Å²) in [6.45, 7) is 3.11. The molecule has 1 saturated heterocycles. The van der Waals surface area contributed by atoms with Crippen LogP contribution in [-0.4, -0.2) is 40.4 Å². The van der Waals surface area contributed by atoms with Crippen LogP contribution < -0.4 is 10.6 Å². The van der Waals surface area contributed by atoms with Gasteiger partial charge in [-0.25, -0.2) is 0 Å². The number of primary amides is 1. The molecule has 0 spiro atoms. The predicted molar refractivity (Wildman–Crippen MR) is 67.6 cm³/mol. The number of anilines is 1. The summed E-state index contributed by atoms with van der Waals surface area (Å²) in [6.07, 6.45) is 0.376. The minimum Gasteiger partial charge on any atom is -0.391 e. The number of nitrogens with zero attached hydrogens (tertiary/aromatic N) is 3. The van der Waals surface area contributed by atoms with E-state index in [9.17, 15) is 9.90 Å². The summed E-state index contributed by atoms with van der Waals surface area (Å²) >= 11 is 5.70. The first-order valence-electron chi connectivity index (χ1n) is 5.75. The van der Waals surface area contributed by atoms with Gasteiger partial charge in [-0.1, -0.05) is 18.5 Å². The summed E-state index contributed by atoms with van der Waals surface area (Å²) in [6, 6.07) is 1.40. The fourth-order valence-corrected chi connectivity index (χ4v) is 2.16. The van der Waals surface area contributed by atoms with Gasteiger partial charge in [0.25, 0.3) is 5.91 Å². The van der Waals surface area contributed by atoms with Crippen molar-refractivity contribution in [3.8, 4) is 0 Å². The number of aromatic nitrogens is 2. The van der Waals surface area contributed by atoms with Gasteiger partial charge in [0.05, 0.1) is 11.7 Å². The highest BCUT2D eigenvalue weighted by atomic mass is 35.5. The number of hydrogen-bond acceptors (Lipinski definition) is 5. The summed E-state index contributed by atoms with van der Waals surface area (Å²) in [7, 11) is 0. The third kappa shape index (κ3) is 2.54. The fourth-order valence-electron chi connectivity index (χ4n) is 2.02. The van der Waals surface area contributed by atoms with Gasteiger partial charge in [0.15, 0.2) is 11.0 Å². The second-order valence-corrected chi connectivity index (χ2v) is 4.94. The van der Waals surface area contributed by atoms with Gasteiger partial charge >= 0.3 is 0 Å². The van der Waals surface area contributed by atoms with E-state index in [1.165, 1.54) is 6.07 Å². The van der Waals surface area contributed by atoms with E-state index < -0.39 is 12.0 Å². The van der Waals surface area contributed by atoms with E-state index in [1.54, 1.807) is 0 Å². The Morgan fingerprint density at radius 3 is 2.94 bits per heavy atom. The number of carbonyl (C=O) groups is 1. The lowest BCUT2D eigenvalue weighted by molar-refractivity contribution is 0.0985. The van der Waals surface area contributed by atoms with Crippen LogP contribution in [0.3, 0.4) is 0 Å². The van der Waals surface area contributed by atoms with Crippen LogP contribution in [0.1, 0.15) is 23.7 Å². The quantitative estimate of drug-likeness (QED) is 0.813. The largest absolute Gasteiger partial charge is 0.391 e. The highest BCUT2D eigenvalue weighted by molar-refractivity contribution is 6.29. The molecule has 98 valence electrons. The molecule has 0 saturated carbocycles. The normalized spacial score (nSPS) is 24.1. The summed E-state index contributed by atoms with van der Waals surface area (Å²) in [5.74, 6) is 0.0197. The van der Waals surface area contributed by atoms with Gasteiger partial charge in [-0.05, 0) is 18.4 Å². The Kier molecular flexibility index (Phi) is 3.68. The van der Waals surface area contributed by atoms with Crippen molar-refractivity contribution in [1.29, 1.82) is 0 Å². The van der Waals surface area contributed by atoms with Crippen LogP contribution in [0.5, 0.6) is 0 Å². The number of nitrogens with two attached hydrogens (primary N) is 1. The molecule has 2 heterocycles. The first-order chi connectivity index (χ1) is 8.49. The minimum absolute atomic E-state index is 0.124. The molecule has 2 atom stereocenters. The molecule has 2 unspecified atom stereocenters. The van der Waals surface area contributed by atoms with E-state index in [1.807, 2.05) is 11.8 Å². The van der Waals surface area contributed by atoms with Gasteiger partial charge in [-0.2, -0.15) is 0 Å². The first-order valence-corrected chi connectivity index (χ1v) is 6.13. The fraction of sp³-hybridized carbons (Fsp3) is 0.545. The summed E-state index contributed by atoms with van der Waals surface area (Å²) in [4.78, 5) is 13.2. The Labute approximate surface area is 110 Å². The number of carbonyl (C=O) groups excluding carboxylic acids is 1. The number of rotatable bonds is 2. The van der Waals surface area contributed by atoms with Crippen molar-refractivity contribution in [2.45, 2.75) is 19.4 Å². The van der Waals surface area contributed by atoms with Gasteiger partial charge in [-0.3, -0.25) is 4.79 Å². The summed E-state index contributed by atoms with van der Waals surface area (Å²) in [5, 5.41) is 17.6. The molecule has 1 fully saturated rings. The van der Waals surface area contributed by atoms with Crippen molar-refractivity contribution >= 4 is 23.3 Å². The standard InChI is InChI=1S/C11H15ClN4O2/c1-6-2-3-16(5-8(6)17)11-7(10(13)18)4-9(12)14-15-11/h4,6,8,17H,2-3,5H2,1H3,(H2,13,18). The van der Waals surface area contributed by atoms with Crippen LogP contribution in [-0.2, 0) is 0 Å². The first kappa shape index (κ1) is 13.0. The third-order valence-corrected chi connectivity index (χ3v) is 3.41. The molecule has 0 radical (unpaired) electrons. The zero-order valence-electron chi connectivity index (χ0n) is 10.0. The maximum atomic E-state index is 11.4. The molecule has 0 aromatic carbocycles. The Morgan fingerprint density at radius 2 is 2.33 bits per heavy atom. The van der Waals surface area contributed by atoms with Gasteiger partial charge in [0.2, 0.25) is 0 Å². The second kappa shape index (κ2) is 5.07. The van der Waals surface area contributed by atoms with Crippen LogP contribution in [0.4, 0.5) is 5.82 Å². The van der Waals surface area contributed by atoms with Gasteiger partial charge in [0.1, 0.15) is 0 Å². The SMILES string of the molecule is CC1CCN(c2nnc(Cl)cc2C(N)=O)CC1O. The van der Waals surface area contributed by atoms with Crippen molar-refractivity contribution in [2.75, 3.05) is 18.0 Å². The van der Waals surface area contributed by atoms with Crippen molar-refractivity contribution in [1.82, 2.24) is 10.2 Å². The molecule has 1 amide bonds. The lowest BCUT2D eigenvalue weighted by atomic mass is 9.96. The number of amides is 1. The average molecular weight is 271 g/mol. The van der Waals surface area contributed by atoms with Crippen molar-refractivity contribution in [3.63, 3.8) is 0 Å². The molecule has 6 nitrogen and oxygen atoms in total. The van der Waals surface area contributed by atoms with Crippen molar-refractivity contribution < 1.29 is 9.90 Å². The van der Waals surface area contributed by atoms with E-state index in [0.717, 1.165) is 6.42 Å². The summed E-state index contributed by atoms with van der Waals surface area (Å²) in [5.41, 5.74) is 5.53. The minimum atomic E-state index is -0.602. The smallest absolute Gasteiger partial charge is 0.252 e. The predicted octanol–water partition coefficient (Wildman–Crippen LogP) is 0.436. The molecule has 7 heteroatoms. The molecule has 3 N–H and O–H groups in total. The third-order valence-electron chi connectivity index (χ3n) is 3.23. The number of piperidine rings is 1. The molecular weight excluding hydrogens is 256 g/mol. The molecule has 1 aliphatic rings. The molecule has 1 aromatic rings. The number of β-amino-alcohol motifs (C(OH)–C–C–N with tert-alkyl or cyclic N) is 1. The molecule has 2 rings (SSSR count). The van der Waals surface area contributed by atoms with Gasteiger partial charge in [-0.15, -0.1) is 10.2 Å². The average Bonchev–Trinajstić information content (AvgIpc) is 2.32. The monoisotopic (exact) mass is 270 g/mol. The van der Waals surface area contributed by atoms with E-state index in [-0.39, 0.29) is 16.6 Å². The van der Waals surface area contributed by atoms with Gasteiger partial charge in [0, 0.05) is 13.1 Å². The summed E-state index contributed by atoms with van der Waals surface area (Å²) < 4.78 is 0. The molecule has 18 heavy (non-hydrogen) atoms. The van der Waals surface area contributed by atoms with Crippen LogP contribution in [0, 0.1) is 5.92 Å². The van der Waals surface area contributed by atoms with Crippen molar-refractivity contribution in [2.24, 2.45) is 11.7 Å². The van der Waals surface area contributed by atoms with E-state index in [4.69, 9.17) is 17.3 Å². The number of aliphatic hydroxyl groups excluding tert-OH is 1. The maximum Gasteiger partial charge on any atom is 0.252 e. The molecule has 0 bridgehead atoms. The number of halogens is 1. The molecular formula is C11H15ClN4O2. The zero-order valence-corrected chi connectivity index (χ0v) is 10.8. The van der Waals surface area contributed by atoms with E-state index >= 15 is 0 Å². The Balaban J connectivity index is 2.30. The highest BCUT2D eigenvalue weighted by Crippen LogP contribution is 2.25. The lowest BCUT2D eigenvalue weighted by Gasteiger charge is -2.35. The lowest BCUT2D eigenvalue weighted by Crippen LogP contribution is -2.44. The number of aliphatic hydroxyl groups is 1. The maximum absolute atomic E-state index is 11.4. The van der Waals surface area contributed by atoms with Crippen LogP contribution in [0.25, 0.3) is 0 Å². The van der Waals surface area contributed by atoms with E-state index in [0.29, 0.717) is 18.9 Å². The van der Waals surface area contributed by atoms with Crippen molar-refractivity contribution in [3.05, 3.63) is 16.8 Å². The topological polar surface area (TPSA) is 92.3 Å². The van der Waals surface area contributed by atoms with Crippen LogP contribution >= 0.6 is 11.6 Å². The zero-order chi connectivity index (χ0) is 13.3. The molecule has 0 aliphatic carbocycles. The molecule has 1 aromatic heterocycles.